The van der Waals surface area contributed by atoms with Gasteiger partial charge in [-0.3, -0.25) is 0 Å². The lowest BCUT2D eigenvalue weighted by molar-refractivity contribution is 0.159. The number of nitrogens with one attached hydrogen (secondary N) is 1. The number of rotatable bonds is 3. The number of likely N-dealkylation sites (tertiary alicyclic amines) is 1. The fourth-order valence-corrected chi connectivity index (χ4v) is 2.83. The van der Waals surface area contributed by atoms with E-state index in [1.54, 1.807) is 18.2 Å². The number of nitrogens with two attached hydrogens (primary N) is 1. The zero-order chi connectivity index (χ0) is 14.5. The molecule has 1 unspecified atom stereocenters. The summed E-state index contributed by atoms with van der Waals surface area (Å²) in [5, 5.41) is 3.78. The molecule has 1 aliphatic rings. The van der Waals surface area contributed by atoms with Gasteiger partial charge in [-0.1, -0.05) is 23.2 Å². The summed E-state index contributed by atoms with van der Waals surface area (Å²) in [6.07, 6.45) is 4.05. The van der Waals surface area contributed by atoms with Crippen LogP contribution in [0.5, 0.6) is 0 Å². The second kappa shape index (κ2) is 7.16. The maximum Gasteiger partial charge on any atom is 0.322 e. The van der Waals surface area contributed by atoms with E-state index in [2.05, 4.69) is 5.32 Å². The van der Waals surface area contributed by atoms with Crippen molar-refractivity contribution in [2.45, 2.75) is 31.7 Å². The zero-order valence-electron chi connectivity index (χ0n) is 11.2. The normalized spacial score (nSPS) is 18.9. The average molecular weight is 316 g/mol. The van der Waals surface area contributed by atoms with Gasteiger partial charge >= 0.3 is 6.03 Å². The number of piperidine rings is 1. The van der Waals surface area contributed by atoms with Crippen LogP contribution >= 0.6 is 23.2 Å². The minimum atomic E-state index is -0.0958. The molecule has 0 aromatic heterocycles. The van der Waals surface area contributed by atoms with Gasteiger partial charge in [-0.2, -0.15) is 0 Å². The van der Waals surface area contributed by atoms with E-state index in [4.69, 9.17) is 28.9 Å². The number of amides is 2. The summed E-state index contributed by atoms with van der Waals surface area (Å²) >= 11 is 11.8. The highest BCUT2D eigenvalue weighted by Gasteiger charge is 2.26. The number of hydrogen-bond donors (Lipinski definition) is 2. The zero-order valence-corrected chi connectivity index (χ0v) is 12.8. The molecule has 4 nitrogen and oxygen atoms in total. The van der Waals surface area contributed by atoms with Crippen LogP contribution < -0.4 is 11.1 Å². The van der Waals surface area contributed by atoms with Gasteiger partial charge in [0.05, 0.1) is 10.0 Å². The molecule has 20 heavy (non-hydrogen) atoms. The van der Waals surface area contributed by atoms with Gasteiger partial charge in [-0.05, 0) is 50.4 Å². The van der Waals surface area contributed by atoms with Crippen LogP contribution in [0.3, 0.4) is 0 Å². The van der Waals surface area contributed by atoms with E-state index in [1.807, 2.05) is 4.90 Å². The van der Waals surface area contributed by atoms with Crippen molar-refractivity contribution in [1.82, 2.24) is 4.90 Å². The molecule has 2 amide bonds. The Morgan fingerprint density at radius 1 is 1.35 bits per heavy atom. The molecule has 0 saturated carbocycles. The molecule has 0 bridgehead atoms. The van der Waals surface area contributed by atoms with Crippen LogP contribution in [0.25, 0.3) is 0 Å². The van der Waals surface area contributed by atoms with E-state index in [-0.39, 0.29) is 12.1 Å². The molecule has 110 valence electrons. The molecule has 0 spiro atoms. The van der Waals surface area contributed by atoms with Gasteiger partial charge < -0.3 is 16.0 Å². The molecule has 1 heterocycles. The maximum atomic E-state index is 12.3. The highest BCUT2D eigenvalue weighted by molar-refractivity contribution is 6.42. The van der Waals surface area contributed by atoms with E-state index < -0.39 is 0 Å². The second-order valence-corrected chi connectivity index (χ2v) is 5.79. The first-order chi connectivity index (χ1) is 9.61. The number of carbonyl (C=O) groups is 1. The van der Waals surface area contributed by atoms with E-state index >= 15 is 0 Å². The summed E-state index contributed by atoms with van der Waals surface area (Å²) in [5.74, 6) is 0. The summed E-state index contributed by atoms with van der Waals surface area (Å²) < 4.78 is 0. The lowest BCUT2D eigenvalue weighted by Crippen LogP contribution is -2.46. The predicted molar refractivity (Wildman–Crippen MR) is 83.5 cm³/mol. The van der Waals surface area contributed by atoms with Crippen molar-refractivity contribution < 1.29 is 4.79 Å². The summed E-state index contributed by atoms with van der Waals surface area (Å²) in [6, 6.07) is 5.21. The molecular formula is C14H19Cl2N3O. The van der Waals surface area contributed by atoms with Gasteiger partial charge in [-0.25, -0.2) is 4.79 Å². The third-order valence-corrected chi connectivity index (χ3v) is 4.30. The van der Waals surface area contributed by atoms with Crippen LogP contribution in [0.15, 0.2) is 18.2 Å². The lowest BCUT2D eigenvalue weighted by atomic mass is 10.00. The SMILES string of the molecule is NCCC1CCCCN1C(=O)Nc1ccc(Cl)c(Cl)c1. The van der Waals surface area contributed by atoms with Crippen molar-refractivity contribution in [2.75, 3.05) is 18.4 Å². The first-order valence-electron chi connectivity index (χ1n) is 6.84. The lowest BCUT2D eigenvalue weighted by Gasteiger charge is -2.35. The predicted octanol–water partition coefficient (Wildman–Crippen LogP) is 3.73. The Morgan fingerprint density at radius 2 is 2.15 bits per heavy atom. The van der Waals surface area contributed by atoms with E-state index in [0.717, 1.165) is 32.2 Å². The van der Waals surface area contributed by atoms with Crippen LogP contribution in [-0.2, 0) is 0 Å². The van der Waals surface area contributed by atoms with Gasteiger partial charge in [0.1, 0.15) is 0 Å². The van der Waals surface area contributed by atoms with Crippen molar-refractivity contribution >= 4 is 34.9 Å². The topological polar surface area (TPSA) is 58.4 Å². The second-order valence-electron chi connectivity index (χ2n) is 4.98. The molecule has 0 radical (unpaired) electrons. The Morgan fingerprint density at radius 3 is 2.85 bits per heavy atom. The number of anilines is 1. The summed E-state index contributed by atoms with van der Waals surface area (Å²) in [6.45, 7) is 1.37. The molecule has 1 aromatic carbocycles. The molecule has 1 aromatic rings. The minimum Gasteiger partial charge on any atom is -0.330 e. The largest absolute Gasteiger partial charge is 0.330 e. The van der Waals surface area contributed by atoms with Crippen molar-refractivity contribution in [2.24, 2.45) is 5.73 Å². The molecule has 0 aliphatic carbocycles. The van der Waals surface area contributed by atoms with Crippen molar-refractivity contribution in [3.63, 3.8) is 0 Å². The first kappa shape index (κ1) is 15.4. The van der Waals surface area contributed by atoms with Crippen LogP contribution in [0, 0.1) is 0 Å². The molecule has 2 rings (SSSR count). The van der Waals surface area contributed by atoms with Gasteiger partial charge in [0, 0.05) is 18.3 Å². The number of benzene rings is 1. The van der Waals surface area contributed by atoms with Crippen molar-refractivity contribution in [1.29, 1.82) is 0 Å². The average Bonchev–Trinajstić information content (AvgIpc) is 2.44. The maximum absolute atomic E-state index is 12.3. The standard InChI is InChI=1S/C14H19Cl2N3O/c15-12-5-4-10(9-13(12)16)18-14(20)19-8-2-1-3-11(19)6-7-17/h4-5,9,11H,1-3,6-8,17H2,(H,18,20). The summed E-state index contributed by atoms with van der Waals surface area (Å²) in [5.41, 5.74) is 6.27. The van der Waals surface area contributed by atoms with Crippen LogP contribution in [-0.4, -0.2) is 30.1 Å². The highest BCUT2D eigenvalue weighted by Crippen LogP contribution is 2.26. The van der Waals surface area contributed by atoms with Crippen molar-refractivity contribution in [3.8, 4) is 0 Å². The smallest absolute Gasteiger partial charge is 0.322 e. The van der Waals surface area contributed by atoms with E-state index in [9.17, 15) is 4.79 Å². The Hall–Kier alpha value is -0.970. The van der Waals surface area contributed by atoms with E-state index in [0.29, 0.717) is 22.3 Å². The number of halogens is 2. The Bertz CT molecular complexity index is 479. The molecular weight excluding hydrogens is 297 g/mol. The Balaban J connectivity index is 2.03. The third-order valence-electron chi connectivity index (χ3n) is 3.56. The fraction of sp³-hybridized carbons (Fsp3) is 0.500. The van der Waals surface area contributed by atoms with Crippen LogP contribution in [0.2, 0.25) is 10.0 Å². The summed E-state index contributed by atoms with van der Waals surface area (Å²) in [4.78, 5) is 14.2. The first-order valence-corrected chi connectivity index (χ1v) is 7.60. The van der Waals surface area contributed by atoms with Crippen molar-refractivity contribution in [3.05, 3.63) is 28.2 Å². The number of carbonyl (C=O) groups excluding carboxylic acids is 1. The van der Waals surface area contributed by atoms with Crippen LogP contribution in [0.1, 0.15) is 25.7 Å². The van der Waals surface area contributed by atoms with Gasteiger partial charge in [0.25, 0.3) is 0 Å². The molecule has 3 N–H and O–H groups in total. The molecule has 1 atom stereocenters. The quantitative estimate of drug-likeness (QED) is 0.892. The molecule has 6 heteroatoms. The van der Waals surface area contributed by atoms with Crippen LogP contribution in [0.4, 0.5) is 10.5 Å². The molecule has 1 fully saturated rings. The number of nitrogens with zero attached hydrogens (tertiary/aromatic N) is 1. The van der Waals surface area contributed by atoms with Gasteiger partial charge in [0.15, 0.2) is 0 Å². The third kappa shape index (κ3) is 3.78. The highest BCUT2D eigenvalue weighted by atomic mass is 35.5. The van der Waals surface area contributed by atoms with E-state index in [1.165, 1.54) is 0 Å². The number of hydrogen-bond acceptors (Lipinski definition) is 2. The number of urea groups is 1. The summed E-state index contributed by atoms with van der Waals surface area (Å²) in [7, 11) is 0. The monoisotopic (exact) mass is 315 g/mol. The van der Waals surface area contributed by atoms with Gasteiger partial charge in [-0.15, -0.1) is 0 Å². The molecule has 1 saturated heterocycles. The Kier molecular flexibility index (Phi) is 5.52. The Labute approximate surface area is 129 Å². The minimum absolute atomic E-state index is 0.0958. The van der Waals surface area contributed by atoms with Gasteiger partial charge in [0.2, 0.25) is 0 Å². The fourth-order valence-electron chi connectivity index (χ4n) is 2.53. The molecule has 1 aliphatic heterocycles.